The van der Waals surface area contributed by atoms with Crippen LogP contribution >= 0.6 is 0 Å². The molecule has 0 N–H and O–H groups in total. The summed E-state index contributed by atoms with van der Waals surface area (Å²) in [7, 11) is 0. The molecule has 0 unspecified atom stereocenters. The summed E-state index contributed by atoms with van der Waals surface area (Å²) in [4.78, 5) is 8.80. The van der Waals surface area contributed by atoms with E-state index < -0.39 is 0 Å². The van der Waals surface area contributed by atoms with E-state index in [1.54, 1.807) is 18.7 Å². The SMILES string of the molecule is CCn1ncnc1-c1nccn1Cc1cccc(-n2cccn2)c1. The second-order valence-electron chi connectivity index (χ2n) is 5.40. The zero-order valence-electron chi connectivity index (χ0n) is 13.3. The molecule has 3 aromatic heterocycles. The zero-order chi connectivity index (χ0) is 16.4. The van der Waals surface area contributed by atoms with Crippen LogP contribution in [-0.2, 0) is 13.1 Å². The molecule has 0 saturated carbocycles. The first-order chi connectivity index (χ1) is 11.8. The average molecular weight is 319 g/mol. The Morgan fingerprint density at radius 1 is 0.958 bits per heavy atom. The minimum atomic E-state index is 0.709. The van der Waals surface area contributed by atoms with Gasteiger partial charge >= 0.3 is 0 Å². The first-order valence-electron chi connectivity index (χ1n) is 7.83. The van der Waals surface area contributed by atoms with Gasteiger partial charge in [0.1, 0.15) is 6.33 Å². The molecule has 0 atom stereocenters. The van der Waals surface area contributed by atoms with Crippen molar-refractivity contribution in [3.05, 3.63) is 67.0 Å². The van der Waals surface area contributed by atoms with E-state index in [9.17, 15) is 0 Å². The first kappa shape index (κ1) is 14.4. The fourth-order valence-corrected chi connectivity index (χ4v) is 2.73. The molecule has 120 valence electrons. The molecular weight excluding hydrogens is 302 g/mol. The molecule has 4 rings (SSSR count). The van der Waals surface area contributed by atoms with E-state index in [4.69, 9.17) is 0 Å². The molecule has 3 heterocycles. The van der Waals surface area contributed by atoms with Crippen molar-refractivity contribution in [2.24, 2.45) is 0 Å². The Morgan fingerprint density at radius 3 is 2.75 bits per heavy atom. The van der Waals surface area contributed by atoms with Gasteiger partial charge in [0.2, 0.25) is 0 Å². The molecule has 0 spiro atoms. The number of rotatable bonds is 5. The van der Waals surface area contributed by atoms with Gasteiger partial charge in [0.25, 0.3) is 0 Å². The molecule has 0 saturated heterocycles. The van der Waals surface area contributed by atoms with E-state index in [0.29, 0.717) is 6.54 Å². The number of aromatic nitrogens is 7. The van der Waals surface area contributed by atoms with E-state index >= 15 is 0 Å². The van der Waals surface area contributed by atoms with Crippen molar-refractivity contribution < 1.29 is 0 Å². The van der Waals surface area contributed by atoms with Gasteiger partial charge in [0.05, 0.1) is 5.69 Å². The van der Waals surface area contributed by atoms with E-state index in [2.05, 4.69) is 36.9 Å². The smallest absolute Gasteiger partial charge is 0.194 e. The summed E-state index contributed by atoms with van der Waals surface area (Å²) in [6.45, 7) is 3.51. The van der Waals surface area contributed by atoms with Crippen LogP contribution in [0, 0.1) is 0 Å². The average Bonchev–Trinajstić information content (AvgIpc) is 3.36. The van der Waals surface area contributed by atoms with E-state index in [0.717, 1.165) is 23.9 Å². The third-order valence-electron chi connectivity index (χ3n) is 3.86. The van der Waals surface area contributed by atoms with Gasteiger partial charge in [0, 0.05) is 37.9 Å². The Hall–Kier alpha value is -3.22. The van der Waals surface area contributed by atoms with Gasteiger partial charge < -0.3 is 4.57 Å². The van der Waals surface area contributed by atoms with Crippen molar-refractivity contribution in [1.29, 1.82) is 0 Å². The van der Waals surface area contributed by atoms with Crippen LogP contribution in [0.15, 0.2) is 61.4 Å². The van der Waals surface area contributed by atoms with Crippen molar-refractivity contribution in [3.63, 3.8) is 0 Å². The first-order valence-corrected chi connectivity index (χ1v) is 7.83. The molecule has 0 aliphatic heterocycles. The van der Waals surface area contributed by atoms with Gasteiger partial charge in [-0.05, 0) is 30.7 Å². The van der Waals surface area contributed by atoms with Crippen molar-refractivity contribution in [3.8, 4) is 17.3 Å². The van der Waals surface area contributed by atoms with Crippen molar-refractivity contribution >= 4 is 0 Å². The van der Waals surface area contributed by atoms with Gasteiger partial charge in [-0.25, -0.2) is 19.3 Å². The fourth-order valence-electron chi connectivity index (χ4n) is 2.73. The fraction of sp³-hybridized carbons (Fsp3) is 0.176. The molecule has 0 fully saturated rings. The van der Waals surface area contributed by atoms with Gasteiger partial charge in [-0.1, -0.05) is 12.1 Å². The highest BCUT2D eigenvalue weighted by atomic mass is 15.3. The van der Waals surface area contributed by atoms with Crippen molar-refractivity contribution in [2.75, 3.05) is 0 Å². The Kier molecular flexibility index (Phi) is 3.66. The standard InChI is InChI=1S/C17H17N7/c1-2-23-17(19-13-21-23)16-18-8-10-22(16)12-14-5-3-6-15(11-14)24-9-4-7-20-24/h3-11,13H,2,12H2,1H3. The lowest BCUT2D eigenvalue weighted by Crippen LogP contribution is -2.07. The molecular formula is C17H17N7. The molecule has 24 heavy (non-hydrogen) atoms. The Morgan fingerprint density at radius 2 is 1.92 bits per heavy atom. The molecule has 4 aromatic rings. The molecule has 0 amide bonds. The predicted molar refractivity (Wildman–Crippen MR) is 89.6 cm³/mol. The third kappa shape index (κ3) is 2.60. The molecule has 0 radical (unpaired) electrons. The molecule has 0 aliphatic rings. The van der Waals surface area contributed by atoms with Crippen LogP contribution in [0.5, 0.6) is 0 Å². The maximum absolute atomic E-state index is 4.46. The van der Waals surface area contributed by atoms with Crippen LogP contribution in [0.1, 0.15) is 12.5 Å². The number of nitrogens with zero attached hydrogens (tertiary/aromatic N) is 7. The van der Waals surface area contributed by atoms with E-state index in [-0.39, 0.29) is 0 Å². The van der Waals surface area contributed by atoms with Gasteiger partial charge in [-0.2, -0.15) is 10.2 Å². The lowest BCUT2D eigenvalue weighted by Gasteiger charge is -2.10. The van der Waals surface area contributed by atoms with Gasteiger partial charge in [0.15, 0.2) is 11.6 Å². The summed E-state index contributed by atoms with van der Waals surface area (Å²) in [5, 5.41) is 8.51. The van der Waals surface area contributed by atoms with Crippen molar-refractivity contribution in [2.45, 2.75) is 20.0 Å². The highest BCUT2D eigenvalue weighted by molar-refractivity contribution is 5.44. The largest absolute Gasteiger partial charge is 0.324 e. The van der Waals surface area contributed by atoms with Crippen LogP contribution in [0.2, 0.25) is 0 Å². The van der Waals surface area contributed by atoms with Crippen LogP contribution in [0.25, 0.3) is 17.3 Å². The number of imidazole rings is 1. The van der Waals surface area contributed by atoms with Crippen LogP contribution < -0.4 is 0 Å². The van der Waals surface area contributed by atoms with Crippen LogP contribution in [-0.4, -0.2) is 34.1 Å². The number of aryl methyl sites for hydroxylation is 1. The quantitative estimate of drug-likeness (QED) is 0.566. The van der Waals surface area contributed by atoms with Crippen LogP contribution in [0.4, 0.5) is 0 Å². The predicted octanol–water partition coefficient (Wildman–Crippen LogP) is 2.40. The number of hydrogen-bond acceptors (Lipinski definition) is 4. The third-order valence-corrected chi connectivity index (χ3v) is 3.86. The maximum atomic E-state index is 4.46. The Bertz CT molecular complexity index is 933. The van der Waals surface area contributed by atoms with E-state index in [1.807, 2.05) is 46.9 Å². The highest BCUT2D eigenvalue weighted by Crippen LogP contribution is 2.17. The molecule has 0 aliphatic carbocycles. The lowest BCUT2D eigenvalue weighted by atomic mass is 10.2. The topological polar surface area (TPSA) is 66.3 Å². The van der Waals surface area contributed by atoms with Gasteiger partial charge in [-0.15, -0.1) is 0 Å². The molecule has 0 bridgehead atoms. The van der Waals surface area contributed by atoms with E-state index in [1.165, 1.54) is 5.56 Å². The minimum absolute atomic E-state index is 0.709. The summed E-state index contributed by atoms with van der Waals surface area (Å²) >= 11 is 0. The maximum Gasteiger partial charge on any atom is 0.194 e. The van der Waals surface area contributed by atoms with Crippen LogP contribution in [0.3, 0.4) is 0 Å². The van der Waals surface area contributed by atoms with Gasteiger partial charge in [-0.3, -0.25) is 0 Å². The normalized spacial score (nSPS) is 11.0. The summed E-state index contributed by atoms with van der Waals surface area (Å²) in [6.07, 6.45) is 9.03. The lowest BCUT2D eigenvalue weighted by molar-refractivity contribution is 0.656. The highest BCUT2D eigenvalue weighted by Gasteiger charge is 2.13. The Labute approximate surface area is 139 Å². The minimum Gasteiger partial charge on any atom is -0.324 e. The van der Waals surface area contributed by atoms with Crippen molar-refractivity contribution in [1.82, 2.24) is 34.1 Å². The molecule has 7 nitrogen and oxygen atoms in total. The summed E-state index contributed by atoms with van der Waals surface area (Å²) in [5.41, 5.74) is 2.21. The number of hydrogen-bond donors (Lipinski definition) is 0. The summed E-state index contributed by atoms with van der Waals surface area (Å²) in [6, 6.07) is 10.2. The Balaban J connectivity index is 1.66. The summed E-state index contributed by atoms with van der Waals surface area (Å²) < 4.78 is 5.78. The summed E-state index contributed by atoms with van der Waals surface area (Å²) in [5.74, 6) is 1.60. The zero-order valence-corrected chi connectivity index (χ0v) is 13.3. The molecule has 1 aromatic carbocycles. The molecule has 7 heteroatoms. The second kappa shape index (κ2) is 6.11. The number of benzene rings is 1. The second-order valence-corrected chi connectivity index (χ2v) is 5.40. The monoisotopic (exact) mass is 319 g/mol.